The molecule has 1 fully saturated rings. The van der Waals surface area contributed by atoms with Crippen LogP contribution in [0.1, 0.15) is 36.0 Å². The molecule has 0 bridgehead atoms. The van der Waals surface area contributed by atoms with Gasteiger partial charge in [-0.25, -0.2) is 4.39 Å². The summed E-state index contributed by atoms with van der Waals surface area (Å²) >= 11 is 7.61. The molecule has 0 saturated carbocycles. The molecule has 0 aliphatic carbocycles. The fraction of sp³-hybridized carbons (Fsp3) is 0.348. The maximum Gasteiger partial charge on any atom is 0.191 e. The molecule has 2 heterocycles. The number of carbonyl (C=O) groups excluding carboxylic acids is 1. The van der Waals surface area contributed by atoms with Crippen LogP contribution in [0, 0.1) is 5.82 Å². The second-order valence-corrected chi connectivity index (χ2v) is 8.94. The number of halogens is 2. The standard InChI is InChI=1S/C23H23ClFN3O2S/c24-18-9-5-17(6-10-18)22-26-27-23(28(22)15-20-3-1-13-30-20)31-14-2-4-21(29)16-7-11-19(25)12-8-16/h5-12,20H,1-4,13-15H2. The number of carbonyl (C=O) groups is 1. The van der Waals surface area contributed by atoms with Crippen LogP contribution in [0.5, 0.6) is 0 Å². The normalized spacial score (nSPS) is 16.0. The Labute approximate surface area is 190 Å². The Kier molecular flexibility index (Phi) is 7.37. The summed E-state index contributed by atoms with van der Waals surface area (Å²) in [4.78, 5) is 12.3. The van der Waals surface area contributed by atoms with E-state index in [1.807, 2.05) is 24.3 Å². The lowest BCUT2D eigenvalue weighted by Gasteiger charge is -2.14. The van der Waals surface area contributed by atoms with Gasteiger partial charge in [-0.05, 0) is 67.8 Å². The SMILES string of the molecule is O=C(CCCSc1nnc(-c2ccc(Cl)cc2)n1CC1CCCO1)c1ccc(F)cc1. The van der Waals surface area contributed by atoms with Crippen molar-refractivity contribution in [3.8, 4) is 11.4 Å². The number of ketones is 1. The Morgan fingerprint density at radius 3 is 2.65 bits per heavy atom. The van der Waals surface area contributed by atoms with Gasteiger partial charge in [-0.3, -0.25) is 9.36 Å². The Morgan fingerprint density at radius 1 is 1.16 bits per heavy atom. The molecule has 1 atom stereocenters. The summed E-state index contributed by atoms with van der Waals surface area (Å²) in [6.45, 7) is 1.48. The largest absolute Gasteiger partial charge is 0.376 e. The number of hydrogen-bond donors (Lipinski definition) is 0. The van der Waals surface area contributed by atoms with E-state index in [2.05, 4.69) is 14.8 Å². The molecule has 5 nitrogen and oxygen atoms in total. The van der Waals surface area contributed by atoms with Crippen LogP contribution in [-0.4, -0.2) is 39.0 Å². The maximum absolute atomic E-state index is 13.0. The van der Waals surface area contributed by atoms with Crippen molar-refractivity contribution in [2.24, 2.45) is 0 Å². The summed E-state index contributed by atoms with van der Waals surface area (Å²) in [6.07, 6.45) is 3.35. The van der Waals surface area contributed by atoms with Gasteiger partial charge in [0.15, 0.2) is 16.8 Å². The first-order chi connectivity index (χ1) is 15.1. The average Bonchev–Trinajstić information content (AvgIpc) is 3.43. The van der Waals surface area contributed by atoms with E-state index in [0.29, 0.717) is 30.0 Å². The zero-order valence-electron chi connectivity index (χ0n) is 17.0. The molecule has 0 radical (unpaired) electrons. The highest BCUT2D eigenvalue weighted by atomic mass is 35.5. The minimum Gasteiger partial charge on any atom is -0.376 e. The molecule has 1 aliphatic heterocycles. The first-order valence-electron chi connectivity index (χ1n) is 10.3. The predicted molar refractivity (Wildman–Crippen MR) is 120 cm³/mol. The molecular formula is C23H23ClFN3O2S. The fourth-order valence-electron chi connectivity index (χ4n) is 3.54. The Bertz CT molecular complexity index is 1020. The third kappa shape index (κ3) is 5.73. The molecule has 3 aromatic rings. The molecule has 1 aliphatic rings. The Balaban J connectivity index is 1.41. The van der Waals surface area contributed by atoms with Crippen molar-refractivity contribution in [1.29, 1.82) is 0 Å². The zero-order valence-corrected chi connectivity index (χ0v) is 18.5. The number of hydrogen-bond acceptors (Lipinski definition) is 5. The molecule has 1 unspecified atom stereocenters. The van der Waals surface area contributed by atoms with Crippen LogP contribution < -0.4 is 0 Å². The topological polar surface area (TPSA) is 57.0 Å². The lowest BCUT2D eigenvalue weighted by atomic mass is 10.1. The quantitative estimate of drug-likeness (QED) is 0.234. The number of benzene rings is 2. The molecule has 0 amide bonds. The van der Waals surface area contributed by atoms with E-state index in [9.17, 15) is 9.18 Å². The van der Waals surface area contributed by atoms with Crippen LogP contribution >= 0.6 is 23.4 Å². The second-order valence-electron chi connectivity index (χ2n) is 7.44. The average molecular weight is 460 g/mol. The van der Waals surface area contributed by atoms with Crippen LogP contribution in [0.25, 0.3) is 11.4 Å². The van der Waals surface area contributed by atoms with Crippen LogP contribution in [-0.2, 0) is 11.3 Å². The molecule has 1 saturated heterocycles. The van der Waals surface area contributed by atoms with E-state index in [4.69, 9.17) is 16.3 Å². The highest BCUT2D eigenvalue weighted by molar-refractivity contribution is 7.99. The molecule has 4 rings (SSSR count). The van der Waals surface area contributed by atoms with E-state index in [-0.39, 0.29) is 17.7 Å². The monoisotopic (exact) mass is 459 g/mol. The van der Waals surface area contributed by atoms with Gasteiger partial charge in [-0.1, -0.05) is 23.4 Å². The zero-order chi connectivity index (χ0) is 21.6. The summed E-state index contributed by atoms with van der Waals surface area (Å²) in [7, 11) is 0. The minimum atomic E-state index is -0.339. The number of rotatable bonds is 9. The molecule has 1 aromatic heterocycles. The predicted octanol–water partition coefficient (Wildman–Crippen LogP) is 5.67. The maximum atomic E-state index is 13.0. The third-order valence-corrected chi connectivity index (χ3v) is 6.48. The van der Waals surface area contributed by atoms with Crippen molar-refractivity contribution in [2.45, 2.75) is 43.5 Å². The van der Waals surface area contributed by atoms with Crippen molar-refractivity contribution in [3.63, 3.8) is 0 Å². The van der Waals surface area contributed by atoms with Gasteiger partial charge in [0, 0.05) is 34.9 Å². The van der Waals surface area contributed by atoms with Crippen molar-refractivity contribution in [1.82, 2.24) is 14.8 Å². The first kappa shape index (κ1) is 22.0. The van der Waals surface area contributed by atoms with Gasteiger partial charge in [0.25, 0.3) is 0 Å². The van der Waals surface area contributed by atoms with E-state index in [0.717, 1.165) is 41.7 Å². The van der Waals surface area contributed by atoms with Gasteiger partial charge in [-0.15, -0.1) is 10.2 Å². The highest BCUT2D eigenvalue weighted by Gasteiger charge is 2.22. The van der Waals surface area contributed by atoms with Gasteiger partial charge in [0.2, 0.25) is 0 Å². The molecule has 0 N–H and O–H groups in total. The highest BCUT2D eigenvalue weighted by Crippen LogP contribution is 2.28. The van der Waals surface area contributed by atoms with Crippen LogP contribution in [0.15, 0.2) is 53.7 Å². The van der Waals surface area contributed by atoms with E-state index < -0.39 is 0 Å². The van der Waals surface area contributed by atoms with Gasteiger partial charge in [-0.2, -0.15) is 0 Å². The van der Waals surface area contributed by atoms with Gasteiger partial charge in [0.1, 0.15) is 5.82 Å². The lowest BCUT2D eigenvalue weighted by molar-refractivity contribution is 0.0953. The summed E-state index contributed by atoms with van der Waals surface area (Å²) in [5.74, 6) is 1.20. The van der Waals surface area contributed by atoms with Crippen LogP contribution in [0.4, 0.5) is 4.39 Å². The van der Waals surface area contributed by atoms with E-state index in [1.165, 1.54) is 24.3 Å². The fourth-order valence-corrected chi connectivity index (χ4v) is 4.55. The van der Waals surface area contributed by atoms with Crippen molar-refractivity contribution < 1.29 is 13.9 Å². The van der Waals surface area contributed by atoms with Gasteiger partial charge in [0.05, 0.1) is 12.6 Å². The molecule has 8 heteroatoms. The summed E-state index contributed by atoms with van der Waals surface area (Å²) in [6, 6.07) is 13.2. The number of ether oxygens (including phenoxy) is 1. The molecular weight excluding hydrogens is 437 g/mol. The van der Waals surface area contributed by atoms with Gasteiger partial charge >= 0.3 is 0 Å². The van der Waals surface area contributed by atoms with Crippen molar-refractivity contribution in [2.75, 3.05) is 12.4 Å². The number of nitrogens with zero attached hydrogens (tertiary/aromatic N) is 3. The summed E-state index contributed by atoms with van der Waals surface area (Å²) in [5, 5.41) is 10.3. The van der Waals surface area contributed by atoms with Crippen LogP contribution in [0.3, 0.4) is 0 Å². The summed E-state index contributed by atoms with van der Waals surface area (Å²) in [5.41, 5.74) is 1.49. The van der Waals surface area contributed by atoms with Crippen LogP contribution in [0.2, 0.25) is 5.02 Å². The van der Waals surface area contributed by atoms with Gasteiger partial charge < -0.3 is 4.74 Å². The molecule has 162 valence electrons. The Morgan fingerprint density at radius 2 is 1.94 bits per heavy atom. The second kappa shape index (κ2) is 10.4. The first-order valence-corrected chi connectivity index (χ1v) is 11.7. The molecule has 31 heavy (non-hydrogen) atoms. The number of thioether (sulfide) groups is 1. The summed E-state index contributed by atoms with van der Waals surface area (Å²) < 4.78 is 21.0. The third-order valence-electron chi connectivity index (χ3n) is 5.17. The van der Waals surface area contributed by atoms with E-state index in [1.54, 1.807) is 11.8 Å². The smallest absolute Gasteiger partial charge is 0.191 e. The Hall–Kier alpha value is -2.22. The van der Waals surface area contributed by atoms with Crippen molar-refractivity contribution in [3.05, 3.63) is 64.9 Å². The number of aromatic nitrogens is 3. The minimum absolute atomic E-state index is 0.0169. The lowest BCUT2D eigenvalue weighted by Crippen LogP contribution is -2.16. The van der Waals surface area contributed by atoms with E-state index >= 15 is 0 Å². The molecule has 0 spiro atoms. The molecule has 2 aromatic carbocycles. The van der Waals surface area contributed by atoms with Crippen molar-refractivity contribution >= 4 is 29.1 Å². The number of Topliss-reactive ketones (excluding diaryl/α,β-unsaturated/α-hetero) is 1.